The van der Waals surface area contributed by atoms with Crippen LogP contribution in [0.3, 0.4) is 0 Å². The van der Waals surface area contributed by atoms with E-state index < -0.39 is 10.0 Å². The minimum atomic E-state index is -3.46. The van der Waals surface area contributed by atoms with Crippen LogP contribution in [0.1, 0.15) is 13.3 Å². The summed E-state index contributed by atoms with van der Waals surface area (Å²) in [6.07, 6.45) is 2.87. The smallest absolute Gasteiger partial charge is 0.210 e. The topological polar surface area (TPSA) is 110 Å². The van der Waals surface area contributed by atoms with E-state index in [2.05, 4.69) is 27.5 Å². The van der Waals surface area contributed by atoms with Crippen molar-refractivity contribution in [3.63, 3.8) is 0 Å². The average Bonchev–Trinajstić information content (AvgIpc) is 2.34. The number of anilines is 2. The SMILES string of the molecule is CCCNc1cc(NCCS(N)(=O)=O)nc(SC)n1. The van der Waals surface area contributed by atoms with Crippen molar-refractivity contribution >= 4 is 33.4 Å². The fraction of sp³-hybridized carbons (Fsp3) is 0.600. The molecule has 7 nitrogen and oxygen atoms in total. The van der Waals surface area contributed by atoms with Crippen LogP contribution in [0, 0.1) is 0 Å². The Morgan fingerprint density at radius 3 is 2.32 bits per heavy atom. The highest BCUT2D eigenvalue weighted by molar-refractivity contribution is 7.98. The van der Waals surface area contributed by atoms with Crippen LogP contribution in [0.25, 0.3) is 0 Å². The van der Waals surface area contributed by atoms with Gasteiger partial charge in [0.25, 0.3) is 0 Å². The van der Waals surface area contributed by atoms with Gasteiger partial charge in [-0.1, -0.05) is 18.7 Å². The predicted octanol–water partition coefficient (Wildman–Crippen LogP) is 0.721. The number of nitrogens with one attached hydrogen (secondary N) is 2. The van der Waals surface area contributed by atoms with Gasteiger partial charge in [0, 0.05) is 19.2 Å². The van der Waals surface area contributed by atoms with E-state index in [1.54, 1.807) is 6.07 Å². The lowest BCUT2D eigenvalue weighted by atomic mass is 10.4. The van der Waals surface area contributed by atoms with Crippen molar-refractivity contribution in [3.8, 4) is 0 Å². The third kappa shape index (κ3) is 6.60. The Kier molecular flexibility index (Phi) is 6.32. The van der Waals surface area contributed by atoms with Crippen molar-refractivity contribution in [2.45, 2.75) is 18.5 Å². The zero-order valence-corrected chi connectivity index (χ0v) is 12.6. The van der Waals surface area contributed by atoms with E-state index in [-0.39, 0.29) is 12.3 Å². The molecule has 0 aliphatic rings. The molecule has 19 heavy (non-hydrogen) atoms. The van der Waals surface area contributed by atoms with Crippen LogP contribution >= 0.6 is 11.8 Å². The van der Waals surface area contributed by atoms with Gasteiger partial charge in [0.2, 0.25) is 10.0 Å². The number of hydrogen-bond acceptors (Lipinski definition) is 7. The second kappa shape index (κ2) is 7.51. The van der Waals surface area contributed by atoms with E-state index in [4.69, 9.17) is 5.14 Å². The van der Waals surface area contributed by atoms with Gasteiger partial charge >= 0.3 is 0 Å². The third-order valence-electron chi connectivity index (χ3n) is 2.14. The van der Waals surface area contributed by atoms with Gasteiger partial charge in [-0.15, -0.1) is 0 Å². The molecule has 9 heteroatoms. The van der Waals surface area contributed by atoms with Gasteiger partial charge in [0.1, 0.15) is 11.6 Å². The minimum Gasteiger partial charge on any atom is -0.370 e. The summed E-state index contributed by atoms with van der Waals surface area (Å²) < 4.78 is 21.7. The third-order valence-corrected chi connectivity index (χ3v) is 3.46. The van der Waals surface area contributed by atoms with Crippen LogP contribution in [0.2, 0.25) is 0 Å². The Morgan fingerprint density at radius 2 is 1.84 bits per heavy atom. The Balaban J connectivity index is 2.70. The summed E-state index contributed by atoms with van der Waals surface area (Å²) in [5, 5.41) is 11.7. The van der Waals surface area contributed by atoms with Gasteiger partial charge < -0.3 is 10.6 Å². The number of rotatable bonds is 8. The zero-order chi connectivity index (χ0) is 14.3. The fourth-order valence-corrected chi connectivity index (χ4v) is 2.04. The number of primary sulfonamides is 1. The molecule has 4 N–H and O–H groups in total. The molecule has 1 heterocycles. The minimum absolute atomic E-state index is 0.136. The zero-order valence-electron chi connectivity index (χ0n) is 11.0. The number of aromatic nitrogens is 2. The molecule has 0 fully saturated rings. The van der Waals surface area contributed by atoms with Gasteiger partial charge in [-0.25, -0.2) is 23.5 Å². The van der Waals surface area contributed by atoms with E-state index in [0.717, 1.165) is 18.8 Å². The van der Waals surface area contributed by atoms with Crippen molar-refractivity contribution in [1.29, 1.82) is 0 Å². The van der Waals surface area contributed by atoms with E-state index >= 15 is 0 Å². The molecule has 0 spiro atoms. The van der Waals surface area contributed by atoms with E-state index in [9.17, 15) is 8.42 Å². The number of sulfonamides is 1. The van der Waals surface area contributed by atoms with Crippen molar-refractivity contribution < 1.29 is 8.42 Å². The molecule has 108 valence electrons. The molecule has 1 aromatic heterocycles. The highest BCUT2D eigenvalue weighted by Crippen LogP contribution is 2.17. The van der Waals surface area contributed by atoms with Crippen molar-refractivity contribution in [2.75, 3.05) is 35.7 Å². The monoisotopic (exact) mass is 305 g/mol. The molecule has 1 aromatic rings. The largest absolute Gasteiger partial charge is 0.370 e. The Bertz CT molecular complexity index is 507. The van der Waals surface area contributed by atoms with E-state index in [1.165, 1.54) is 11.8 Å². The summed E-state index contributed by atoms with van der Waals surface area (Å²) in [5.74, 6) is 1.17. The van der Waals surface area contributed by atoms with Crippen molar-refractivity contribution in [1.82, 2.24) is 9.97 Å². The quantitative estimate of drug-likeness (QED) is 0.479. The Labute approximate surface area is 117 Å². The molecule has 0 saturated heterocycles. The lowest BCUT2D eigenvalue weighted by molar-refractivity contribution is 0.598. The summed E-state index contributed by atoms with van der Waals surface area (Å²) in [5.41, 5.74) is 0. The molecular formula is C10H19N5O2S2. The maximum atomic E-state index is 10.8. The van der Waals surface area contributed by atoms with Crippen LogP contribution in [-0.4, -0.2) is 43.5 Å². The van der Waals surface area contributed by atoms with Gasteiger partial charge in [0.15, 0.2) is 5.16 Å². The average molecular weight is 305 g/mol. The molecule has 0 aromatic carbocycles. The van der Waals surface area contributed by atoms with Crippen LogP contribution in [0.15, 0.2) is 11.2 Å². The highest BCUT2D eigenvalue weighted by Gasteiger charge is 2.06. The van der Waals surface area contributed by atoms with Crippen molar-refractivity contribution in [2.24, 2.45) is 5.14 Å². The Hall–Kier alpha value is -1.06. The van der Waals surface area contributed by atoms with Gasteiger partial charge in [-0.2, -0.15) is 0 Å². The van der Waals surface area contributed by atoms with Gasteiger partial charge in [-0.3, -0.25) is 0 Å². The van der Waals surface area contributed by atoms with Crippen molar-refractivity contribution in [3.05, 3.63) is 6.07 Å². The van der Waals surface area contributed by atoms with Gasteiger partial charge in [0.05, 0.1) is 5.75 Å². The summed E-state index contributed by atoms with van der Waals surface area (Å²) in [7, 11) is -3.46. The first-order chi connectivity index (χ1) is 8.94. The molecule has 0 radical (unpaired) electrons. The summed E-state index contributed by atoms with van der Waals surface area (Å²) in [6, 6.07) is 1.75. The second-order valence-corrected chi connectivity index (χ2v) is 6.35. The molecule has 0 atom stereocenters. The first kappa shape index (κ1) is 16.0. The fourth-order valence-electron chi connectivity index (χ4n) is 1.27. The van der Waals surface area contributed by atoms with Crippen LogP contribution in [-0.2, 0) is 10.0 Å². The molecule has 1 rings (SSSR count). The molecular weight excluding hydrogens is 286 g/mol. The highest BCUT2D eigenvalue weighted by atomic mass is 32.2. The summed E-state index contributed by atoms with van der Waals surface area (Å²) in [6.45, 7) is 3.10. The predicted molar refractivity (Wildman–Crippen MR) is 79.1 cm³/mol. The first-order valence-corrected chi connectivity index (χ1v) is 8.80. The lowest BCUT2D eigenvalue weighted by Crippen LogP contribution is -2.22. The lowest BCUT2D eigenvalue weighted by Gasteiger charge is -2.09. The van der Waals surface area contributed by atoms with E-state index in [1.807, 2.05) is 6.26 Å². The number of nitrogens with two attached hydrogens (primary N) is 1. The summed E-state index contributed by atoms with van der Waals surface area (Å²) in [4.78, 5) is 8.55. The molecule has 0 saturated carbocycles. The molecule has 0 unspecified atom stereocenters. The van der Waals surface area contributed by atoms with E-state index in [0.29, 0.717) is 11.0 Å². The first-order valence-electron chi connectivity index (χ1n) is 5.86. The maximum Gasteiger partial charge on any atom is 0.210 e. The van der Waals surface area contributed by atoms with Crippen LogP contribution < -0.4 is 15.8 Å². The molecule has 0 amide bonds. The maximum absolute atomic E-state index is 10.8. The van der Waals surface area contributed by atoms with Gasteiger partial charge in [-0.05, 0) is 12.7 Å². The Morgan fingerprint density at radius 1 is 1.26 bits per heavy atom. The molecule has 0 aliphatic carbocycles. The number of thioether (sulfide) groups is 1. The summed E-state index contributed by atoms with van der Waals surface area (Å²) >= 11 is 1.42. The number of hydrogen-bond donors (Lipinski definition) is 3. The normalized spacial score (nSPS) is 11.3. The molecule has 0 bridgehead atoms. The number of nitrogens with zero attached hydrogens (tertiary/aromatic N) is 2. The van der Waals surface area contributed by atoms with Crippen LogP contribution in [0.4, 0.5) is 11.6 Å². The molecule has 0 aliphatic heterocycles. The standard InChI is InChI=1S/C10H19N5O2S2/c1-3-4-12-8-7-9(15-10(14-8)18-2)13-5-6-19(11,16)17/h7H,3-6H2,1-2H3,(H2,11,16,17)(H2,12,13,14,15). The van der Waals surface area contributed by atoms with Crippen LogP contribution in [0.5, 0.6) is 0 Å². The second-order valence-electron chi connectivity index (χ2n) is 3.85.